The second-order valence-electron chi connectivity index (χ2n) is 6.23. The van der Waals surface area contributed by atoms with E-state index >= 15 is 0 Å². The normalized spacial score (nSPS) is 21.3. The molecule has 7 heteroatoms. The van der Waals surface area contributed by atoms with Crippen molar-refractivity contribution in [2.75, 3.05) is 13.2 Å². The fourth-order valence-corrected chi connectivity index (χ4v) is 4.25. The van der Waals surface area contributed by atoms with Crippen molar-refractivity contribution in [3.8, 4) is 0 Å². The van der Waals surface area contributed by atoms with Crippen molar-refractivity contribution in [3.05, 3.63) is 35.9 Å². The van der Waals surface area contributed by atoms with Gasteiger partial charge in [0.25, 0.3) is 5.91 Å². The topological polar surface area (TPSA) is 75.7 Å². The third-order valence-corrected chi connectivity index (χ3v) is 5.69. The van der Waals surface area contributed by atoms with Crippen molar-refractivity contribution < 1.29 is 19.1 Å². The van der Waals surface area contributed by atoms with Gasteiger partial charge in [-0.25, -0.2) is 0 Å². The van der Waals surface area contributed by atoms with Crippen molar-refractivity contribution in [1.82, 2.24) is 10.2 Å². The van der Waals surface area contributed by atoms with Gasteiger partial charge in [-0.1, -0.05) is 50.3 Å². The van der Waals surface area contributed by atoms with Crippen LogP contribution in [0.4, 0.5) is 0 Å². The van der Waals surface area contributed by atoms with Crippen LogP contribution in [0.5, 0.6) is 0 Å². The molecule has 0 bridgehead atoms. The molecule has 0 aromatic rings. The summed E-state index contributed by atoms with van der Waals surface area (Å²) in [5, 5.41) is 1.96. The van der Waals surface area contributed by atoms with Crippen molar-refractivity contribution in [2.45, 2.75) is 50.3 Å². The van der Waals surface area contributed by atoms with Crippen LogP contribution < -0.4 is 5.32 Å². The average Bonchev–Trinajstić information content (AvgIpc) is 2.64. The minimum atomic E-state index is -1.03. The molecular formula is C19H26N2O4S. The third kappa shape index (κ3) is 4.78. The smallest absolute Gasteiger partial charge is 0.329 e. The van der Waals surface area contributed by atoms with Crippen LogP contribution >= 0.6 is 11.8 Å². The zero-order valence-electron chi connectivity index (χ0n) is 15.2. The fourth-order valence-electron chi connectivity index (χ4n) is 3.19. The predicted octanol–water partition coefficient (Wildman–Crippen LogP) is 2.53. The largest absolute Gasteiger partial charge is 0.465 e. The lowest BCUT2D eigenvalue weighted by molar-refractivity contribution is -0.148. The van der Waals surface area contributed by atoms with Gasteiger partial charge in [-0.05, 0) is 25.8 Å². The van der Waals surface area contributed by atoms with Gasteiger partial charge in [0.2, 0.25) is 5.91 Å². The number of ether oxygens (including phenoxy) is 1. The molecule has 0 spiro atoms. The van der Waals surface area contributed by atoms with Gasteiger partial charge < -0.3 is 15.0 Å². The van der Waals surface area contributed by atoms with E-state index in [1.54, 1.807) is 13.0 Å². The highest BCUT2D eigenvalue weighted by molar-refractivity contribution is 8.05. The first-order valence-electron chi connectivity index (χ1n) is 8.95. The molecule has 1 atom stereocenters. The lowest BCUT2D eigenvalue weighted by Crippen LogP contribution is -2.49. The molecule has 1 aliphatic carbocycles. The minimum absolute atomic E-state index is 0.148. The highest BCUT2D eigenvalue weighted by atomic mass is 32.2. The Morgan fingerprint density at radius 2 is 1.96 bits per heavy atom. The SMILES string of the molecule is C=CC1=C(C=C)N(CC(=O)NC2CCCCC2)C(=O)C(C(=O)OCC)S1. The Morgan fingerprint density at radius 3 is 2.54 bits per heavy atom. The van der Waals surface area contributed by atoms with Crippen LogP contribution in [0.2, 0.25) is 0 Å². The van der Waals surface area contributed by atoms with E-state index in [0.717, 1.165) is 37.4 Å². The van der Waals surface area contributed by atoms with E-state index in [-0.39, 0.29) is 25.1 Å². The van der Waals surface area contributed by atoms with Crippen LogP contribution in [0.3, 0.4) is 0 Å². The molecule has 1 aliphatic heterocycles. The summed E-state index contributed by atoms with van der Waals surface area (Å²) in [6, 6.07) is 0.154. The highest BCUT2D eigenvalue weighted by Crippen LogP contribution is 2.35. The van der Waals surface area contributed by atoms with Gasteiger partial charge in [0.1, 0.15) is 6.54 Å². The van der Waals surface area contributed by atoms with Crippen molar-refractivity contribution in [1.29, 1.82) is 0 Å². The minimum Gasteiger partial charge on any atom is -0.465 e. The number of rotatable bonds is 7. The second kappa shape index (κ2) is 9.62. The zero-order valence-corrected chi connectivity index (χ0v) is 16.0. The number of hydrogen-bond acceptors (Lipinski definition) is 5. The molecule has 1 N–H and O–H groups in total. The Balaban J connectivity index is 2.16. The van der Waals surface area contributed by atoms with Crippen LogP contribution in [0.1, 0.15) is 39.0 Å². The summed E-state index contributed by atoms with van der Waals surface area (Å²) in [6.07, 6.45) is 8.40. The Kier molecular flexibility index (Phi) is 7.50. The molecule has 142 valence electrons. The van der Waals surface area contributed by atoms with E-state index in [4.69, 9.17) is 4.74 Å². The molecule has 1 saturated carbocycles. The fraction of sp³-hybridized carbons (Fsp3) is 0.526. The first-order valence-corrected chi connectivity index (χ1v) is 9.83. The molecular weight excluding hydrogens is 352 g/mol. The standard InChI is InChI=1S/C19H26N2O4S/c1-4-14-15(5-2)26-17(19(24)25-6-3)18(23)21(14)12-16(22)20-13-10-8-7-9-11-13/h4-5,13,17H,1-2,6-12H2,3H3,(H,20,22). The summed E-state index contributed by atoms with van der Waals surface area (Å²) in [6.45, 7) is 9.20. The lowest BCUT2D eigenvalue weighted by atomic mass is 9.95. The molecule has 1 heterocycles. The summed E-state index contributed by atoms with van der Waals surface area (Å²) < 4.78 is 5.00. The van der Waals surface area contributed by atoms with Gasteiger partial charge in [-0.2, -0.15) is 0 Å². The Hall–Kier alpha value is -2.02. The maximum Gasteiger partial charge on any atom is 0.329 e. The van der Waals surface area contributed by atoms with Gasteiger partial charge in [0, 0.05) is 10.9 Å². The van der Waals surface area contributed by atoms with Gasteiger partial charge in [-0.15, -0.1) is 0 Å². The molecule has 1 unspecified atom stereocenters. The Bertz CT molecular complexity index is 623. The quantitative estimate of drug-likeness (QED) is 0.544. The number of nitrogens with one attached hydrogen (secondary N) is 1. The summed E-state index contributed by atoms with van der Waals surface area (Å²) in [5.41, 5.74) is 0.495. The lowest BCUT2D eigenvalue weighted by Gasteiger charge is -2.33. The van der Waals surface area contributed by atoms with E-state index in [0.29, 0.717) is 10.6 Å². The maximum absolute atomic E-state index is 12.8. The van der Waals surface area contributed by atoms with Crippen LogP contribution in [-0.2, 0) is 19.1 Å². The van der Waals surface area contributed by atoms with Crippen LogP contribution in [0, 0.1) is 0 Å². The summed E-state index contributed by atoms with van der Waals surface area (Å²) >= 11 is 1.08. The second-order valence-corrected chi connectivity index (χ2v) is 7.38. The number of hydrogen-bond donors (Lipinski definition) is 1. The van der Waals surface area contributed by atoms with E-state index in [1.165, 1.54) is 17.4 Å². The molecule has 6 nitrogen and oxygen atoms in total. The number of esters is 1. The molecule has 0 aromatic heterocycles. The van der Waals surface area contributed by atoms with Crippen LogP contribution in [-0.4, -0.2) is 47.1 Å². The van der Waals surface area contributed by atoms with E-state index in [1.807, 2.05) is 0 Å². The highest BCUT2D eigenvalue weighted by Gasteiger charge is 2.40. The zero-order chi connectivity index (χ0) is 19.1. The maximum atomic E-state index is 12.8. The van der Waals surface area contributed by atoms with Gasteiger partial charge >= 0.3 is 5.97 Å². The molecule has 1 fully saturated rings. The summed E-state index contributed by atoms with van der Waals surface area (Å²) in [7, 11) is 0. The van der Waals surface area contributed by atoms with E-state index in [9.17, 15) is 14.4 Å². The summed E-state index contributed by atoms with van der Waals surface area (Å²) in [5.74, 6) is -1.31. The Labute approximate surface area is 158 Å². The predicted molar refractivity (Wildman–Crippen MR) is 102 cm³/mol. The monoisotopic (exact) mass is 378 g/mol. The van der Waals surface area contributed by atoms with Gasteiger partial charge in [-0.3, -0.25) is 14.4 Å². The first kappa shape index (κ1) is 20.3. The number of amides is 2. The molecule has 26 heavy (non-hydrogen) atoms. The van der Waals surface area contributed by atoms with E-state index in [2.05, 4.69) is 18.5 Å². The first-order chi connectivity index (χ1) is 12.5. The van der Waals surface area contributed by atoms with Gasteiger partial charge in [0.15, 0.2) is 5.25 Å². The number of carbonyl (C=O) groups is 3. The summed E-state index contributed by atoms with van der Waals surface area (Å²) in [4.78, 5) is 39.4. The molecule has 0 radical (unpaired) electrons. The number of nitrogens with zero attached hydrogens (tertiary/aromatic N) is 1. The number of allylic oxidation sites excluding steroid dienone is 2. The van der Waals surface area contributed by atoms with Crippen molar-refractivity contribution in [3.63, 3.8) is 0 Å². The van der Waals surface area contributed by atoms with Crippen molar-refractivity contribution in [2.24, 2.45) is 0 Å². The number of carbonyl (C=O) groups excluding carboxylic acids is 3. The molecule has 2 aliphatic rings. The van der Waals surface area contributed by atoms with Crippen LogP contribution in [0.15, 0.2) is 35.9 Å². The van der Waals surface area contributed by atoms with Crippen LogP contribution in [0.25, 0.3) is 0 Å². The molecule has 0 aromatic carbocycles. The molecule has 2 amide bonds. The Morgan fingerprint density at radius 1 is 1.27 bits per heavy atom. The van der Waals surface area contributed by atoms with Gasteiger partial charge in [0.05, 0.1) is 12.3 Å². The molecule has 0 saturated heterocycles. The molecule has 2 rings (SSSR count). The van der Waals surface area contributed by atoms with Crippen molar-refractivity contribution >= 4 is 29.5 Å². The third-order valence-electron chi connectivity index (χ3n) is 4.43. The number of thioether (sulfide) groups is 1. The van der Waals surface area contributed by atoms with E-state index < -0.39 is 17.1 Å². The average molecular weight is 378 g/mol.